The highest BCUT2D eigenvalue weighted by Gasteiger charge is 2.08. The average molecular weight is 295 g/mol. The third-order valence-electron chi connectivity index (χ3n) is 2.28. The van der Waals surface area contributed by atoms with Crippen LogP contribution in [0.25, 0.3) is 0 Å². The Labute approximate surface area is 122 Å². The van der Waals surface area contributed by atoms with E-state index in [-0.39, 0.29) is 16.5 Å². The fourth-order valence-electron chi connectivity index (χ4n) is 1.36. The van der Waals surface area contributed by atoms with Gasteiger partial charge in [-0.1, -0.05) is 43.6 Å². The SMILES string of the molecule is CC.O=C(NNc1ccccc1)c1ccc(F)c(Cl)c1. The van der Waals surface area contributed by atoms with Gasteiger partial charge in [0.05, 0.1) is 10.7 Å². The number of carbonyl (C=O) groups is 1. The number of carbonyl (C=O) groups excluding carboxylic acids is 1. The summed E-state index contributed by atoms with van der Waals surface area (Å²) in [7, 11) is 0. The van der Waals surface area contributed by atoms with E-state index in [1.54, 1.807) is 12.1 Å². The maximum absolute atomic E-state index is 12.9. The maximum Gasteiger partial charge on any atom is 0.269 e. The minimum atomic E-state index is -0.552. The highest BCUT2D eigenvalue weighted by molar-refractivity contribution is 6.31. The summed E-state index contributed by atoms with van der Waals surface area (Å²) in [4.78, 5) is 11.7. The molecule has 0 unspecified atom stereocenters. The van der Waals surface area contributed by atoms with Gasteiger partial charge in [-0.2, -0.15) is 0 Å². The van der Waals surface area contributed by atoms with Crippen LogP contribution < -0.4 is 10.9 Å². The van der Waals surface area contributed by atoms with Crippen molar-refractivity contribution in [2.24, 2.45) is 0 Å². The van der Waals surface area contributed by atoms with E-state index in [0.717, 1.165) is 11.8 Å². The first-order chi connectivity index (χ1) is 9.66. The molecule has 2 aromatic carbocycles. The van der Waals surface area contributed by atoms with Crippen molar-refractivity contribution >= 4 is 23.2 Å². The average Bonchev–Trinajstić information content (AvgIpc) is 2.50. The summed E-state index contributed by atoms with van der Waals surface area (Å²) >= 11 is 5.60. The number of anilines is 1. The lowest BCUT2D eigenvalue weighted by Gasteiger charge is -2.08. The van der Waals surface area contributed by atoms with Gasteiger partial charge in [-0.3, -0.25) is 15.6 Å². The van der Waals surface area contributed by atoms with Gasteiger partial charge in [-0.15, -0.1) is 0 Å². The van der Waals surface area contributed by atoms with E-state index in [9.17, 15) is 9.18 Å². The Morgan fingerprint density at radius 1 is 1.10 bits per heavy atom. The number of nitrogens with one attached hydrogen (secondary N) is 2. The Balaban J connectivity index is 0.000000956. The van der Waals surface area contributed by atoms with Crippen molar-refractivity contribution in [2.75, 3.05) is 5.43 Å². The molecule has 106 valence electrons. The first kappa shape index (κ1) is 16.0. The molecular weight excluding hydrogens is 279 g/mol. The number of hydrazine groups is 1. The van der Waals surface area contributed by atoms with Crippen molar-refractivity contribution in [1.29, 1.82) is 0 Å². The molecular formula is C15H16ClFN2O. The van der Waals surface area contributed by atoms with Gasteiger partial charge < -0.3 is 0 Å². The van der Waals surface area contributed by atoms with Crippen LogP contribution >= 0.6 is 11.6 Å². The van der Waals surface area contributed by atoms with E-state index in [2.05, 4.69) is 10.9 Å². The second kappa shape index (κ2) is 8.17. The minimum absolute atomic E-state index is 0.0811. The summed E-state index contributed by atoms with van der Waals surface area (Å²) in [6.45, 7) is 4.00. The zero-order valence-corrected chi connectivity index (χ0v) is 12.0. The minimum Gasteiger partial charge on any atom is -0.298 e. The van der Waals surface area contributed by atoms with Crippen LogP contribution in [0.15, 0.2) is 48.5 Å². The van der Waals surface area contributed by atoms with Crippen molar-refractivity contribution in [2.45, 2.75) is 13.8 Å². The lowest BCUT2D eigenvalue weighted by Crippen LogP contribution is -2.29. The van der Waals surface area contributed by atoms with Crippen molar-refractivity contribution in [3.8, 4) is 0 Å². The Bertz CT molecular complexity index is 561. The predicted molar refractivity (Wildman–Crippen MR) is 80.3 cm³/mol. The molecule has 2 N–H and O–H groups in total. The van der Waals surface area contributed by atoms with Crippen LogP contribution in [0.1, 0.15) is 24.2 Å². The monoisotopic (exact) mass is 294 g/mol. The molecule has 2 rings (SSSR count). The summed E-state index contributed by atoms with van der Waals surface area (Å²) in [6.07, 6.45) is 0. The predicted octanol–water partition coefficient (Wildman–Crippen LogP) is 4.26. The van der Waals surface area contributed by atoms with Gasteiger partial charge >= 0.3 is 0 Å². The Morgan fingerprint density at radius 2 is 1.75 bits per heavy atom. The standard InChI is InChI=1S/C13H10ClFN2O.C2H6/c14-11-8-9(6-7-12(11)15)13(18)17-16-10-4-2-1-3-5-10;1-2/h1-8,16H,(H,17,18);1-2H3. The van der Waals surface area contributed by atoms with Crippen LogP contribution in [0.2, 0.25) is 5.02 Å². The summed E-state index contributed by atoms with van der Waals surface area (Å²) in [5, 5.41) is -0.0811. The summed E-state index contributed by atoms with van der Waals surface area (Å²) in [5.41, 5.74) is 6.26. The molecule has 2 aromatic rings. The van der Waals surface area contributed by atoms with E-state index in [1.165, 1.54) is 12.1 Å². The first-order valence-corrected chi connectivity index (χ1v) is 6.61. The van der Waals surface area contributed by atoms with Gasteiger partial charge in [0.15, 0.2) is 0 Å². The molecule has 3 nitrogen and oxygen atoms in total. The number of rotatable bonds is 3. The number of hydrogen-bond donors (Lipinski definition) is 2. The van der Waals surface area contributed by atoms with E-state index in [0.29, 0.717) is 0 Å². The van der Waals surface area contributed by atoms with Crippen LogP contribution in [0.3, 0.4) is 0 Å². The van der Waals surface area contributed by atoms with Crippen molar-refractivity contribution in [1.82, 2.24) is 5.43 Å². The summed E-state index contributed by atoms with van der Waals surface area (Å²) < 4.78 is 12.9. The molecule has 0 aliphatic rings. The molecule has 0 aliphatic carbocycles. The lowest BCUT2D eigenvalue weighted by atomic mass is 10.2. The van der Waals surface area contributed by atoms with Crippen molar-refractivity contribution < 1.29 is 9.18 Å². The molecule has 0 heterocycles. The second-order valence-electron chi connectivity index (χ2n) is 3.57. The molecule has 0 spiro atoms. The fraction of sp³-hybridized carbons (Fsp3) is 0.133. The number of hydrogen-bond acceptors (Lipinski definition) is 2. The van der Waals surface area contributed by atoms with Crippen LogP contribution in [0.5, 0.6) is 0 Å². The van der Waals surface area contributed by atoms with Gasteiger partial charge in [-0.25, -0.2) is 4.39 Å². The molecule has 0 saturated carbocycles. The quantitative estimate of drug-likeness (QED) is 0.830. The topological polar surface area (TPSA) is 41.1 Å². The fourth-order valence-corrected chi connectivity index (χ4v) is 1.54. The zero-order valence-electron chi connectivity index (χ0n) is 11.3. The van der Waals surface area contributed by atoms with Crippen molar-refractivity contribution in [3.63, 3.8) is 0 Å². The van der Waals surface area contributed by atoms with E-state index < -0.39 is 5.82 Å². The summed E-state index contributed by atoms with van der Waals surface area (Å²) in [6, 6.07) is 12.9. The molecule has 0 fully saturated rings. The van der Waals surface area contributed by atoms with Crippen LogP contribution in [0, 0.1) is 5.82 Å². The van der Waals surface area contributed by atoms with Gasteiger partial charge in [0.25, 0.3) is 5.91 Å². The van der Waals surface area contributed by atoms with Crippen LogP contribution in [-0.2, 0) is 0 Å². The van der Waals surface area contributed by atoms with Crippen LogP contribution in [0.4, 0.5) is 10.1 Å². The normalized spacial score (nSPS) is 9.20. The molecule has 0 aliphatic heterocycles. The molecule has 0 saturated heterocycles. The third kappa shape index (κ3) is 4.55. The van der Waals surface area contributed by atoms with Gasteiger partial charge in [0.1, 0.15) is 5.82 Å². The molecule has 0 aromatic heterocycles. The first-order valence-electron chi connectivity index (χ1n) is 6.23. The lowest BCUT2D eigenvalue weighted by molar-refractivity contribution is 0.0962. The maximum atomic E-state index is 12.9. The number of para-hydroxylation sites is 1. The Kier molecular flexibility index (Phi) is 6.53. The molecule has 20 heavy (non-hydrogen) atoms. The molecule has 0 atom stereocenters. The highest BCUT2D eigenvalue weighted by atomic mass is 35.5. The number of amides is 1. The molecule has 0 bridgehead atoms. The molecule has 1 amide bonds. The molecule has 5 heteroatoms. The second-order valence-corrected chi connectivity index (χ2v) is 3.98. The summed E-state index contributed by atoms with van der Waals surface area (Å²) in [5.74, 6) is -0.940. The molecule has 0 radical (unpaired) electrons. The smallest absolute Gasteiger partial charge is 0.269 e. The number of benzene rings is 2. The van der Waals surface area contributed by atoms with Crippen molar-refractivity contribution in [3.05, 3.63) is 64.9 Å². The third-order valence-corrected chi connectivity index (χ3v) is 2.57. The Morgan fingerprint density at radius 3 is 2.35 bits per heavy atom. The Hall–Kier alpha value is -2.07. The van der Waals surface area contributed by atoms with E-state index in [1.807, 2.05) is 32.0 Å². The van der Waals surface area contributed by atoms with E-state index >= 15 is 0 Å². The van der Waals surface area contributed by atoms with E-state index in [4.69, 9.17) is 11.6 Å². The largest absolute Gasteiger partial charge is 0.298 e. The van der Waals surface area contributed by atoms with Gasteiger partial charge in [0.2, 0.25) is 0 Å². The van der Waals surface area contributed by atoms with Crippen LogP contribution in [-0.4, -0.2) is 5.91 Å². The highest BCUT2D eigenvalue weighted by Crippen LogP contribution is 2.15. The zero-order chi connectivity index (χ0) is 15.0. The van der Waals surface area contributed by atoms with Gasteiger partial charge in [0, 0.05) is 5.56 Å². The van der Waals surface area contributed by atoms with Gasteiger partial charge in [-0.05, 0) is 30.3 Å². The number of halogens is 2.